The van der Waals surface area contributed by atoms with E-state index < -0.39 is 6.04 Å². The Balaban J connectivity index is 1.59. The van der Waals surface area contributed by atoms with Gasteiger partial charge in [0.15, 0.2) is 0 Å². The molecule has 0 heterocycles. The molecule has 2 amide bonds. The minimum atomic E-state index is -0.658. The first-order valence-electron chi connectivity index (χ1n) is 13.5. The van der Waals surface area contributed by atoms with Crippen LogP contribution >= 0.6 is 35.0 Å². The van der Waals surface area contributed by atoms with Crippen molar-refractivity contribution in [2.75, 3.05) is 5.75 Å². The van der Waals surface area contributed by atoms with Gasteiger partial charge in [-0.25, -0.2) is 0 Å². The molecule has 206 valence electrons. The van der Waals surface area contributed by atoms with Crippen LogP contribution in [0.4, 0.5) is 0 Å². The summed E-state index contributed by atoms with van der Waals surface area (Å²) in [6.45, 7) is 4.40. The number of hydrogen-bond donors (Lipinski definition) is 1. The largest absolute Gasteiger partial charge is 0.352 e. The van der Waals surface area contributed by atoms with E-state index in [0.29, 0.717) is 16.5 Å². The first kappa shape index (κ1) is 29.5. The lowest BCUT2D eigenvalue weighted by Crippen LogP contribution is -2.52. The molecule has 3 aromatic rings. The van der Waals surface area contributed by atoms with Crippen LogP contribution in [0.1, 0.15) is 53.5 Å². The molecule has 0 saturated heterocycles. The molecular formula is C32H36Cl2N2O2S. The fraction of sp³-hybridized carbons (Fsp3) is 0.375. The van der Waals surface area contributed by atoms with Crippen molar-refractivity contribution >= 4 is 46.8 Å². The average Bonchev–Trinajstić information content (AvgIpc) is 3.40. The van der Waals surface area contributed by atoms with Crippen molar-refractivity contribution in [2.24, 2.45) is 0 Å². The van der Waals surface area contributed by atoms with Gasteiger partial charge in [0.25, 0.3) is 0 Å². The van der Waals surface area contributed by atoms with E-state index in [9.17, 15) is 9.59 Å². The molecule has 4 rings (SSSR count). The number of aryl methyl sites for hydroxylation is 2. The maximum atomic E-state index is 13.9. The molecule has 0 aromatic heterocycles. The van der Waals surface area contributed by atoms with Crippen LogP contribution < -0.4 is 5.32 Å². The van der Waals surface area contributed by atoms with Crippen molar-refractivity contribution in [2.45, 2.75) is 70.3 Å². The second-order valence-electron chi connectivity index (χ2n) is 10.4. The van der Waals surface area contributed by atoms with Crippen molar-refractivity contribution in [3.63, 3.8) is 0 Å². The van der Waals surface area contributed by atoms with Gasteiger partial charge in [-0.2, -0.15) is 0 Å². The number of carbonyl (C=O) groups excluding carboxylic acids is 2. The molecule has 1 N–H and O–H groups in total. The van der Waals surface area contributed by atoms with E-state index >= 15 is 0 Å². The van der Waals surface area contributed by atoms with Crippen LogP contribution in [-0.2, 0) is 28.3 Å². The van der Waals surface area contributed by atoms with Gasteiger partial charge in [-0.3, -0.25) is 9.59 Å². The van der Waals surface area contributed by atoms with E-state index in [2.05, 4.69) is 37.4 Å². The van der Waals surface area contributed by atoms with Crippen molar-refractivity contribution in [1.82, 2.24) is 10.2 Å². The van der Waals surface area contributed by atoms with Gasteiger partial charge in [0.05, 0.1) is 5.75 Å². The molecule has 0 aliphatic heterocycles. The number of hydrogen-bond acceptors (Lipinski definition) is 3. The summed E-state index contributed by atoms with van der Waals surface area (Å²) in [6.07, 6.45) is 4.62. The molecular weight excluding hydrogens is 547 g/mol. The summed E-state index contributed by atoms with van der Waals surface area (Å²) in [5.74, 6) is 0.795. The smallest absolute Gasteiger partial charge is 0.243 e. The van der Waals surface area contributed by atoms with Gasteiger partial charge in [-0.15, -0.1) is 11.8 Å². The van der Waals surface area contributed by atoms with Gasteiger partial charge in [0, 0.05) is 34.8 Å². The summed E-state index contributed by atoms with van der Waals surface area (Å²) in [5.41, 5.74) is 5.38. The van der Waals surface area contributed by atoms with Crippen LogP contribution in [0.2, 0.25) is 10.0 Å². The van der Waals surface area contributed by atoms with E-state index in [1.165, 1.54) is 16.7 Å². The monoisotopic (exact) mass is 582 g/mol. The number of carbonyl (C=O) groups is 2. The maximum Gasteiger partial charge on any atom is 0.243 e. The predicted molar refractivity (Wildman–Crippen MR) is 163 cm³/mol. The lowest BCUT2D eigenvalue weighted by Gasteiger charge is -2.32. The van der Waals surface area contributed by atoms with Crippen LogP contribution in [0.25, 0.3) is 0 Å². The van der Waals surface area contributed by atoms with Crippen molar-refractivity contribution in [3.8, 4) is 0 Å². The quantitative estimate of drug-likeness (QED) is 0.254. The highest BCUT2D eigenvalue weighted by atomic mass is 35.5. The minimum absolute atomic E-state index is 0.0853. The number of rotatable bonds is 11. The van der Waals surface area contributed by atoms with E-state index in [-0.39, 0.29) is 30.2 Å². The summed E-state index contributed by atoms with van der Waals surface area (Å²) < 4.78 is 0. The Morgan fingerprint density at radius 2 is 1.64 bits per heavy atom. The molecule has 1 atom stereocenters. The summed E-state index contributed by atoms with van der Waals surface area (Å²) >= 11 is 14.3. The molecule has 0 bridgehead atoms. The van der Waals surface area contributed by atoms with Gasteiger partial charge >= 0.3 is 0 Å². The first-order chi connectivity index (χ1) is 18.8. The first-order valence-corrected chi connectivity index (χ1v) is 15.4. The second kappa shape index (κ2) is 14.2. The number of nitrogens with one attached hydrogen (secondary N) is 1. The Kier molecular flexibility index (Phi) is 10.8. The van der Waals surface area contributed by atoms with Crippen molar-refractivity contribution in [1.29, 1.82) is 0 Å². The fourth-order valence-corrected chi connectivity index (χ4v) is 6.56. The summed E-state index contributed by atoms with van der Waals surface area (Å²) in [5, 5.41) is 4.26. The molecule has 0 radical (unpaired) electrons. The fourth-order valence-electron chi connectivity index (χ4n) is 5.25. The summed E-state index contributed by atoms with van der Waals surface area (Å²) in [7, 11) is 0. The molecule has 4 nitrogen and oxygen atoms in total. The van der Waals surface area contributed by atoms with E-state index in [4.69, 9.17) is 23.2 Å². The van der Waals surface area contributed by atoms with Gasteiger partial charge in [0.2, 0.25) is 11.8 Å². The predicted octanol–water partition coefficient (Wildman–Crippen LogP) is 7.54. The normalized spacial score (nSPS) is 14.3. The third-order valence-electron chi connectivity index (χ3n) is 7.10. The van der Waals surface area contributed by atoms with Crippen LogP contribution in [0.5, 0.6) is 0 Å². The Labute approximate surface area is 246 Å². The van der Waals surface area contributed by atoms with Gasteiger partial charge in [-0.1, -0.05) is 102 Å². The molecule has 0 spiro atoms. The Bertz CT molecular complexity index is 1260. The van der Waals surface area contributed by atoms with E-state index in [0.717, 1.165) is 42.6 Å². The second-order valence-corrected chi connectivity index (χ2v) is 12.3. The Hall–Kier alpha value is -2.47. The Morgan fingerprint density at radius 3 is 2.31 bits per heavy atom. The minimum Gasteiger partial charge on any atom is -0.352 e. The van der Waals surface area contributed by atoms with Crippen LogP contribution in [0, 0.1) is 13.8 Å². The highest BCUT2D eigenvalue weighted by molar-refractivity contribution is 7.99. The SMILES string of the molecule is Cc1cc(C)cc(CSCC(=O)N(Cc2ccc(Cl)cc2Cl)C(Cc2ccccc2)C(=O)NC2CCCC2)c1. The van der Waals surface area contributed by atoms with E-state index in [1.807, 2.05) is 36.4 Å². The van der Waals surface area contributed by atoms with Crippen molar-refractivity contribution in [3.05, 3.63) is 105 Å². The van der Waals surface area contributed by atoms with Crippen LogP contribution in [-0.4, -0.2) is 34.6 Å². The van der Waals surface area contributed by atoms with Crippen LogP contribution in [0.3, 0.4) is 0 Å². The van der Waals surface area contributed by atoms with Gasteiger partial charge in [-0.05, 0) is 55.5 Å². The Morgan fingerprint density at radius 1 is 0.949 bits per heavy atom. The number of thioether (sulfide) groups is 1. The number of nitrogens with zero attached hydrogens (tertiary/aromatic N) is 1. The number of amides is 2. The molecule has 1 fully saturated rings. The number of benzene rings is 3. The highest BCUT2D eigenvalue weighted by Gasteiger charge is 2.32. The molecule has 1 aliphatic rings. The third-order valence-corrected chi connectivity index (χ3v) is 8.68. The van der Waals surface area contributed by atoms with Crippen LogP contribution in [0.15, 0.2) is 66.7 Å². The molecule has 39 heavy (non-hydrogen) atoms. The summed E-state index contributed by atoms with van der Waals surface area (Å²) in [6, 6.07) is 21.1. The topological polar surface area (TPSA) is 49.4 Å². The average molecular weight is 584 g/mol. The zero-order valence-corrected chi connectivity index (χ0v) is 24.9. The summed E-state index contributed by atoms with van der Waals surface area (Å²) in [4.78, 5) is 29.4. The van der Waals surface area contributed by atoms with Gasteiger partial charge < -0.3 is 10.2 Å². The standard InChI is InChI=1S/C32H36Cl2N2O2S/c1-22-14-23(2)16-25(15-22)20-39-21-31(37)36(19-26-12-13-27(33)18-29(26)34)30(17-24-8-4-3-5-9-24)32(38)35-28-10-6-7-11-28/h3-5,8-9,12-16,18,28,30H,6-7,10-11,17,19-21H2,1-2H3,(H,35,38). The zero-order valence-electron chi connectivity index (χ0n) is 22.6. The molecule has 3 aromatic carbocycles. The van der Waals surface area contributed by atoms with Gasteiger partial charge in [0.1, 0.15) is 6.04 Å². The zero-order chi connectivity index (χ0) is 27.8. The van der Waals surface area contributed by atoms with Crippen molar-refractivity contribution < 1.29 is 9.59 Å². The molecule has 1 saturated carbocycles. The molecule has 1 unspecified atom stereocenters. The van der Waals surface area contributed by atoms with E-state index in [1.54, 1.807) is 28.8 Å². The molecule has 7 heteroatoms. The third kappa shape index (κ3) is 8.76. The maximum absolute atomic E-state index is 13.9. The number of halogens is 2. The lowest BCUT2D eigenvalue weighted by atomic mass is 10.0. The lowest BCUT2D eigenvalue weighted by molar-refractivity contribution is -0.139. The molecule has 1 aliphatic carbocycles. The highest BCUT2D eigenvalue weighted by Crippen LogP contribution is 2.26.